The van der Waals surface area contributed by atoms with Gasteiger partial charge in [-0.1, -0.05) is 32.0 Å². The van der Waals surface area contributed by atoms with Crippen molar-refractivity contribution in [3.63, 3.8) is 0 Å². The second kappa shape index (κ2) is 8.41. The van der Waals surface area contributed by atoms with Crippen molar-refractivity contribution in [3.8, 4) is 0 Å². The molecule has 1 aliphatic heterocycles. The molecule has 0 amide bonds. The quantitative estimate of drug-likeness (QED) is 0.846. The number of nitrogens with one attached hydrogen (secondary N) is 1. The molecule has 2 heterocycles. The summed E-state index contributed by atoms with van der Waals surface area (Å²) in [5, 5.41) is 4.19. The van der Waals surface area contributed by atoms with E-state index in [2.05, 4.69) is 64.3 Å². The van der Waals surface area contributed by atoms with Crippen LogP contribution in [0.1, 0.15) is 30.9 Å². The molecule has 25 heavy (non-hydrogen) atoms. The van der Waals surface area contributed by atoms with E-state index in [1.165, 1.54) is 11.1 Å². The van der Waals surface area contributed by atoms with Gasteiger partial charge in [-0.3, -0.25) is 9.88 Å². The smallest absolute Gasteiger partial charge is 0.173 e. The van der Waals surface area contributed by atoms with Crippen molar-refractivity contribution in [1.82, 2.24) is 14.8 Å². The molecule has 0 atom stereocenters. The van der Waals surface area contributed by atoms with Crippen LogP contribution in [0, 0.1) is 0 Å². The number of anilines is 1. The minimum atomic E-state index is 0.550. The highest BCUT2D eigenvalue weighted by Crippen LogP contribution is 2.18. The maximum atomic E-state index is 5.60. The van der Waals surface area contributed by atoms with E-state index in [0.29, 0.717) is 5.92 Å². The van der Waals surface area contributed by atoms with Gasteiger partial charge in [-0.2, -0.15) is 0 Å². The van der Waals surface area contributed by atoms with Crippen LogP contribution in [0.15, 0.2) is 48.8 Å². The molecule has 132 valence electrons. The maximum Gasteiger partial charge on any atom is 0.173 e. The molecule has 1 aromatic heterocycles. The molecular weight excluding hydrogens is 328 g/mol. The number of benzene rings is 1. The molecule has 1 fully saturated rings. The predicted octanol–water partition coefficient (Wildman–Crippen LogP) is 3.72. The average Bonchev–Trinajstić information content (AvgIpc) is 2.63. The monoisotopic (exact) mass is 354 g/mol. The van der Waals surface area contributed by atoms with Crippen molar-refractivity contribution >= 4 is 23.0 Å². The SMILES string of the molecule is CC(C)c1ccc(NC(=S)N2CCN(Cc3cccnc3)CC2)cc1. The number of piperazine rings is 1. The van der Waals surface area contributed by atoms with Crippen LogP contribution in [0.5, 0.6) is 0 Å². The summed E-state index contributed by atoms with van der Waals surface area (Å²) in [5.41, 5.74) is 3.68. The van der Waals surface area contributed by atoms with Gasteiger partial charge in [-0.15, -0.1) is 0 Å². The van der Waals surface area contributed by atoms with E-state index in [-0.39, 0.29) is 0 Å². The fraction of sp³-hybridized carbons (Fsp3) is 0.400. The van der Waals surface area contributed by atoms with Crippen LogP contribution in [0.25, 0.3) is 0 Å². The number of hydrogen-bond donors (Lipinski definition) is 1. The van der Waals surface area contributed by atoms with Crippen LogP contribution in [0.3, 0.4) is 0 Å². The van der Waals surface area contributed by atoms with Crippen molar-refractivity contribution < 1.29 is 0 Å². The Labute approximate surface area is 155 Å². The van der Waals surface area contributed by atoms with Crippen LogP contribution < -0.4 is 5.32 Å². The molecule has 1 N–H and O–H groups in total. The van der Waals surface area contributed by atoms with Gasteiger partial charge >= 0.3 is 0 Å². The topological polar surface area (TPSA) is 31.4 Å². The van der Waals surface area contributed by atoms with Gasteiger partial charge in [0.2, 0.25) is 0 Å². The Hall–Kier alpha value is -1.98. The van der Waals surface area contributed by atoms with Gasteiger partial charge in [0.15, 0.2) is 5.11 Å². The lowest BCUT2D eigenvalue weighted by molar-refractivity contribution is 0.177. The summed E-state index contributed by atoms with van der Waals surface area (Å²) in [7, 11) is 0. The molecule has 4 nitrogen and oxygen atoms in total. The van der Waals surface area contributed by atoms with Crippen LogP contribution in [0.4, 0.5) is 5.69 Å². The van der Waals surface area contributed by atoms with Crippen molar-refractivity contribution in [1.29, 1.82) is 0 Å². The Balaban J connectivity index is 1.48. The summed E-state index contributed by atoms with van der Waals surface area (Å²) in [6.07, 6.45) is 3.76. The van der Waals surface area contributed by atoms with E-state index < -0.39 is 0 Å². The van der Waals surface area contributed by atoms with E-state index in [9.17, 15) is 0 Å². The van der Waals surface area contributed by atoms with Gasteiger partial charge in [0.25, 0.3) is 0 Å². The first-order valence-electron chi connectivity index (χ1n) is 8.89. The molecular formula is C20H26N4S. The summed E-state index contributed by atoms with van der Waals surface area (Å²) in [6, 6.07) is 12.7. The van der Waals surface area contributed by atoms with Crippen LogP contribution in [-0.2, 0) is 6.54 Å². The van der Waals surface area contributed by atoms with Crippen molar-refractivity contribution in [2.75, 3.05) is 31.5 Å². The third-order valence-corrected chi connectivity index (χ3v) is 4.98. The Morgan fingerprint density at radius 2 is 1.84 bits per heavy atom. The average molecular weight is 355 g/mol. The van der Waals surface area contributed by atoms with E-state index in [1.54, 1.807) is 0 Å². The van der Waals surface area contributed by atoms with Crippen LogP contribution in [-0.4, -0.2) is 46.1 Å². The molecule has 0 radical (unpaired) electrons. The zero-order chi connectivity index (χ0) is 17.6. The Kier molecular flexibility index (Phi) is 6.00. The molecule has 0 spiro atoms. The second-order valence-electron chi connectivity index (χ2n) is 6.83. The molecule has 2 aromatic rings. The highest BCUT2D eigenvalue weighted by atomic mass is 32.1. The van der Waals surface area contributed by atoms with Crippen LogP contribution >= 0.6 is 12.2 Å². The summed E-state index contributed by atoms with van der Waals surface area (Å²) < 4.78 is 0. The molecule has 5 heteroatoms. The van der Waals surface area contributed by atoms with Gasteiger partial charge in [0.1, 0.15) is 0 Å². The molecule has 0 bridgehead atoms. The Morgan fingerprint density at radius 1 is 1.12 bits per heavy atom. The Bertz CT molecular complexity index is 677. The van der Waals surface area contributed by atoms with Gasteiger partial charge in [-0.25, -0.2) is 0 Å². The van der Waals surface area contributed by atoms with Gasteiger partial charge in [-0.05, 0) is 47.5 Å². The van der Waals surface area contributed by atoms with Crippen LogP contribution in [0.2, 0.25) is 0 Å². The third-order valence-electron chi connectivity index (χ3n) is 4.62. The first-order chi connectivity index (χ1) is 12.1. The number of pyridine rings is 1. The minimum absolute atomic E-state index is 0.550. The molecule has 0 saturated carbocycles. The van der Waals surface area contributed by atoms with E-state index >= 15 is 0 Å². The molecule has 3 rings (SSSR count). The fourth-order valence-corrected chi connectivity index (χ4v) is 3.31. The van der Waals surface area contributed by atoms with Gasteiger partial charge in [0.05, 0.1) is 0 Å². The fourth-order valence-electron chi connectivity index (χ4n) is 3.01. The predicted molar refractivity (Wildman–Crippen MR) is 108 cm³/mol. The summed E-state index contributed by atoms with van der Waals surface area (Å²) in [4.78, 5) is 8.90. The largest absolute Gasteiger partial charge is 0.346 e. The van der Waals surface area contributed by atoms with Crippen molar-refractivity contribution in [3.05, 3.63) is 59.9 Å². The molecule has 1 aliphatic rings. The minimum Gasteiger partial charge on any atom is -0.346 e. The second-order valence-corrected chi connectivity index (χ2v) is 7.22. The zero-order valence-electron chi connectivity index (χ0n) is 15.0. The lowest BCUT2D eigenvalue weighted by Gasteiger charge is -2.36. The summed E-state index contributed by atoms with van der Waals surface area (Å²) >= 11 is 5.60. The van der Waals surface area contributed by atoms with E-state index in [4.69, 9.17) is 12.2 Å². The number of hydrogen-bond acceptors (Lipinski definition) is 3. The number of thiocarbonyl (C=S) groups is 1. The lowest BCUT2D eigenvalue weighted by Crippen LogP contribution is -2.49. The first-order valence-corrected chi connectivity index (χ1v) is 9.30. The maximum absolute atomic E-state index is 5.60. The standard InChI is InChI=1S/C20H26N4S/c1-16(2)18-5-7-19(8-6-18)22-20(25)24-12-10-23(11-13-24)15-17-4-3-9-21-14-17/h3-9,14,16H,10-13,15H2,1-2H3,(H,22,25). The van der Waals surface area contributed by atoms with E-state index in [0.717, 1.165) is 43.5 Å². The number of nitrogens with zero attached hydrogens (tertiary/aromatic N) is 3. The van der Waals surface area contributed by atoms with Crippen molar-refractivity contribution in [2.45, 2.75) is 26.3 Å². The normalized spacial score (nSPS) is 15.4. The highest BCUT2D eigenvalue weighted by Gasteiger charge is 2.19. The highest BCUT2D eigenvalue weighted by molar-refractivity contribution is 7.80. The van der Waals surface area contributed by atoms with Gasteiger partial charge < -0.3 is 10.2 Å². The molecule has 0 aliphatic carbocycles. The third kappa shape index (κ3) is 5.00. The zero-order valence-corrected chi connectivity index (χ0v) is 15.8. The number of aromatic nitrogens is 1. The Morgan fingerprint density at radius 3 is 2.44 bits per heavy atom. The van der Waals surface area contributed by atoms with Gasteiger partial charge in [0, 0.05) is 50.8 Å². The number of rotatable bonds is 4. The first kappa shape index (κ1) is 17.8. The summed E-state index contributed by atoms with van der Waals surface area (Å²) in [5.74, 6) is 0.550. The van der Waals surface area contributed by atoms with E-state index in [1.807, 2.05) is 18.5 Å². The molecule has 0 unspecified atom stereocenters. The molecule has 1 saturated heterocycles. The lowest BCUT2D eigenvalue weighted by atomic mass is 10.0. The molecule has 1 aromatic carbocycles. The summed E-state index contributed by atoms with van der Waals surface area (Å²) in [6.45, 7) is 9.31. The van der Waals surface area contributed by atoms with Crippen molar-refractivity contribution in [2.24, 2.45) is 0 Å².